The molecule has 3 rings (SSSR count). The molecule has 0 aliphatic rings. The van der Waals surface area contributed by atoms with Crippen molar-refractivity contribution in [3.8, 4) is 11.8 Å². The molecule has 140 valence electrons. The summed E-state index contributed by atoms with van der Waals surface area (Å²) in [6, 6.07) is 9.13. The van der Waals surface area contributed by atoms with Gasteiger partial charge in [0.25, 0.3) is 0 Å². The Morgan fingerprint density at radius 2 is 1.59 bits per heavy atom. The van der Waals surface area contributed by atoms with Crippen molar-refractivity contribution in [1.82, 2.24) is 19.9 Å². The molecular formula is C18H16Cl3N5O. The van der Waals surface area contributed by atoms with Crippen LogP contribution in [-0.4, -0.2) is 26.5 Å². The van der Waals surface area contributed by atoms with Gasteiger partial charge in [-0.25, -0.2) is 9.97 Å². The van der Waals surface area contributed by atoms with Gasteiger partial charge in [0.05, 0.1) is 5.69 Å². The highest BCUT2D eigenvalue weighted by atomic mass is 35.5. The van der Waals surface area contributed by atoms with E-state index in [0.717, 1.165) is 17.7 Å². The van der Waals surface area contributed by atoms with Crippen LogP contribution in [0, 0.1) is 13.8 Å². The van der Waals surface area contributed by atoms with Crippen molar-refractivity contribution in [2.24, 2.45) is 0 Å². The Morgan fingerprint density at radius 3 is 2.26 bits per heavy atom. The molecule has 3 aromatic rings. The van der Waals surface area contributed by atoms with Crippen LogP contribution in [0.5, 0.6) is 11.8 Å². The van der Waals surface area contributed by atoms with E-state index in [1.165, 1.54) is 6.07 Å². The van der Waals surface area contributed by atoms with Crippen molar-refractivity contribution in [2.75, 3.05) is 11.9 Å². The van der Waals surface area contributed by atoms with E-state index in [4.69, 9.17) is 39.5 Å². The van der Waals surface area contributed by atoms with Crippen molar-refractivity contribution in [3.63, 3.8) is 0 Å². The number of nitrogens with one attached hydrogen (secondary N) is 1. The van der Waals surface area contributed by atoms with Gasteiger partial charge in [-0.1, -0.05) is 46.9 Å². The monoisotopic (exact) mass is 423 g/mol. The molecule has 0 fully saturated rings. The Kier molecular flexibility index (Phi) is 6.31. The number of rotatable bonds is 6. The molecule has 1 N–H and O–H groups in total. The van der Waals surface area contributed by atoms with E-state index in [2.05, 4.69) is 25.3 Å². The minimum absolute atomic E-state index is 0.103. The van der Waals surface area contributed by atoms with Crippen LogP contribution >= 0.6 is 34.8 Å². The van der Waals surface area contributed by atoms with Gasteiger partial charge in [0, 0.05) is 12.6 Å². The molecule has 0 amide bonds. The highest BCUT2D eigenvalue weighted by Gasteiger charge is 2.08. The Bertz CT molecular complexity index is 930. The normalized spacial score (nSPS) is 10.7. The van der Waals surface area contributed by atoms with Crippen molar-refractivity contribution >= 4 is 40.6 Å². The van der Waals surface area contributed by atoms with Crippen LogP contribution in [-0.2, 0) is 6.42 Å². The number of nitrogens with zero attached hydrogens (tertiary/aromatic N) is 4. The zero-order valence-electron chi connectivity index (χ0n) is 14.6. The van der Waals surface area contributed by atoms with Gasteiger partial charge in [-0.05, 0) is 38.0 Å². The van der Waals surface area contributed by atoms with E-state index in [0.29, 0.717) is 29.0 Å². The Hall–Kier alpha value is -2.15. The lowest BCUT2D eigenvalue weighted by molar-refractivity contribution is 0.442. The standard InChI is InChI=1S/C18H16Cl3N5O/c1-10-16(21)17(24-11(2)23-10)22-8-7-12-3-5-13(6-4-12)27-18-25-14(19)9-15(20)26-18/h3-6,9H,7-8H2,1-2H3,(H,22,23,24). The first-order valence-electron chi connectivity index (χ1n) is 8.12. The van der Waals surface area contributed by atoms with Gasteiger partial charge >= 0.3 is 6.01 Å². The van der Waals surface area contributed by atoms with Crippen molar-refractivity contribution in [1.29, 1.82) is 0 Å². The molecule has 27 heavy (non-hydrogen) atoms. The number of benzene rings is 1. The lowest BCUT2D eigenvalue weighted by Crippen LogP contribution is -2.09. The average Bonchev–Trinajstić information content (AvgIpc) is 2.59. The van der Waals surface area contributed by atoms with Crippen molar-refractivity contribution in [3.05, 3.63) is 62.7 Å². The number of hydrogen-bond acceptors (Lipinski definition) is 6. The summed E-state index contributed by atoms with van der Waals surface area (Å²) < 4.78 is 5.57. The molecule has 6 nitrogen and oxygen atoms in total. The van der Waals surface area contributed by atoms with E-state index < -0.39 is 0 Å². The summed E-state index contributed by atoms with van der Waals surface area (Å²) in [7, 11) is 0. The van der Waals surface area contributed by atoms with E-state index in [1.807, 2.05) is 38.1 Å². The third kappa shape index (κ3) is 5.42. The third-order valence-electron chi connectivity index (χ3n) is 3.61. The summed E-state index contributed by atoms with van der Waals surface area (Å²) in [5.74, 6) is 1.93. The molecule has 2 aromatic heterocycles. The summed E-state index contributed by atoms with van der Waals surface area (Å²) >= 11 is 17.9. The molecule has 0 saturated carbocycles. The predicted octanol–water partition coefficient (Wildman–Crippen LogP) is 5.29. The number of ether oxygens (including phenoxy) is 1. The largest absolute Gasteiger partial charge is 0.424 e. The van der Waals surface area contributed by atoms with Crippen LogP contribution < -0.4 is 10.1 Å². The number of halogens is 3. The maximum atomic E-state index is 6.23. The van der Waals surface area contributed by atoms with Gasteiger partial charge in [0.1, 0.15) is 32.7 Å². The number of hydrogen-bond donors (Lipinski definition) is 1. The number of anilines is 1. The smallest absolute Gasteiger partial charge is 0.324 e. The predicted molar refractivity (Wildman–Crippen MR) is 107 cm³/mol. The van der Waals surface area contributed by atoms with Crippen LogP contribution in [0.15, 0.2) is 30.3 Å². The second-order valence-electron chi connectivity index (χ2n) is 5.74. The first kappa shape index (κ1) is 19.6. The van der Waals surface area contributed by atoms with Gasteiger partial charge in [-0.3, -0.25) is 0 Å². The van der Waals surface area contributed by atoms with E-state index in [1.54, 1.807) is 0 Å². The Morgan fingerprint density at radius 1 is 0.926 bits per heavy atom. The molecule has 1 aromatic carbocycles. The molecule has 0 aliphatic carbocycles. The van der Waals surface area contributed by atoms with E-state index in [9.17, 15) is 0 Å². The first-order chi connectivity index (χ1) is 12.9. The first-order valence-corrected chi connectivity index (χ1v) is 9.25. The van der Waals surface area contributed by atoms with Gasteiger partial charge in [0.15, 0.2) is 0 Å². The quantitative estimate of drug-likeness (QED) is 0.542. The minimum atomic E-state index is 0.103. The molecule has 0 spiro atoms. The summed E-state index contributed by atoms with van der Waals surface area (Å²) in [6.45, 7) is 4.38. The van der Waals surface area contributed by atoms with E-state index in [-0.39, 0.29) is 16.3 Å². The SMILES string of the molecule is Cc1nc(C)c(Cl)c(NCCc2ccc(Oc3nc(Cl)cc(Cl)n3)cc2)n1. The Balaban J connectivity index is 1.58. The molecule has 0 bridgehead atoms. The highest BCUT2D eigenvalue weighted by Crippen LogP contribution is 2.23. The molecular weight excluding hydrogens is 409 g/mol. The van der Waals surface area contributed by atoms with Gasteiger partial charge in [-0.2, -0.15) is 9.97 Å². The third-order valence-corrected chi connectivity index (χ3v) is 4.45. The van der Waals surface area contributed by atoms with Crippen LogP contribution in [0.4, 0.5) is 5.82 Å². The molecule has 0 atom stereocenters. The van der Waals surface area contributed by atoms with Gasteiger partial charge in [-0.15, -0.1) is 0 Å². The maximum Gasteiger partial charge on any atom is 0.324 e. The second-order valence-corrected chi connectivity index (χ2v) is 6.89. The number of aromatic nitrogens is 4. The molecule has 0 aliphatic heterocycles. The fourth-order valence-corrected chi connectivity index (χ4v) is 2.95. The summed E-state index contributed by atoms with van der Waals surface area (Å²) in [5.41, 5.74) is 1.88. The van der Waals surface area contributed by atoms with E-state index >= 15 is 0 Å². The topological polar surface area (TPSA) is 72.8 Å². The zero-order chi connectivity index (χ0) is 19.4. The summed E-state index contributed by atoms with van der Waals surface area (Å²) in [4.78, 5) is 16.5. The van der Waals surface area contributed by atoms with Crippen molar-refractivity contribution < 1.29 is 4.74 Å². The Labute approximate surface area is 171 Å². The van der Waals surface area contributed by atoms with Crippen LogP contribution in [0.1, 0.15) is 17.1 Å². The maximum absolute atomic E-state index is 6.23. The van der Waals surface area contributed by atoms with Crippen molar-refractivity contribution in [2.45, 2.75) is 20.3 Å². The highest BCUT2D eigenvalue weighted by molar-refractivity contribution is 6.33. The molecule has 0 saturated heterocycles. The van der Waals surface area contributed by atoms with Crippen LogP contribution in [0.25, 0.3) is 0 Å². The molecule has 2 heterocycles. The summed E-state index contributed by atoms with van der Waals surface area (Å²) in [6.07, 6.45) is 0.790. The molecule has 9 heteroatoms. The van der Waals surface area contributed by atoms with Crippen LogP contribution in [0.3, 0.4) is 0 Å². The number of aryl methyl sites for hydroxylation is 2. The average molecular weight is 425 g/mol. The molecule has 0 unspecified atom stereocenters. The zero-order valence-corrected chi connectivity index (χ0v) is 16.9. The fraction of sp³-hybridized carbons (Fsp3) is 0.222. The summed E-state index contributed by atoms with van der Waals surface area (Å²) in [5, 5.41) is 4.24. The van der Waals surface area contributed by atoms with Gasteiger partial charge in [0.2, 0.25) is 0 Å². The fourth-order valence-electron chi connectivity index (χ4n) is 2.39. The van der Waals surface area contributed by atoms with Crippen LogP contribution in [0.2, 0.25) is 15.3 Å². The minimum Gasteiger partial charge on any atom is -0.424 e. The lowest BCUT2D eigenvalue weighted by atomic mass is 10.1. The lowest BCUT2D eigenvalue weighted by Gasteiger charge is -2.10. The second kappa shape index (κ2) is 8.69. The molecule has 0 radical (unpaired) electrons. The van der Waals surface area contributed by atoms with Gasteiger partial charge < -0.3 is 10.1 Å².